The molecule has 0 N–H and O–H groups in total. The average Bonchev–Trinajstić information content (AvgIpc) is 2.34. The fourth-order valence-corrected chi connectivity index (χ4v) is 1.57. The summed E-state index contributed by atoms with van der Waals surface area (Å²) in [5, 5.41) is 0. The number of hydrogen-bond acceptors (Lipinski definition) is 3. The van der Waals surface area contributed by atoms with Gasteiger partial charge in [0.1, 0.15) is 12.4 Å². The molecule has 3 nitrogen and oxygen atoms in total. The van der Waals surface area contributed by atoms with Gasteiger partial charge in [0, 0.05) is 19.6 Å². The van der Waals surface area contributed by atoms with Crippen LogP contribution < -0.4 is 0 Å². The topological polar surface area (TPSA) is 21.7 Å². The van der Waals surface area contributed by atoms with Crippen LogP contribution in [0.5, 0.6) is 0 Å². The highest BCUT2D eigenvalue weighted by molar-refractivity contribution is 5.20. The van der Waals surface area contributed by atoms with Crippen molar-refractivity contribution in [1.82, 2.24) is 4.90 Å². The first-order valence-corrected chi connectivity index (χ1v) is 6.15. The molecular weight excluding hydrogens is 214 g/mol. The summed E-state index contributed by atoms with van der Waals surface area (Å²) in [6.45, 7) is 13.2. The normalized spacial score (nSPS) is 18.6. The Balaban J connectivity index is 2.21. The molecule has 0 aromatic heterocycles. The third kappa shape index (κ3) is 6.29. The van der Waals surface area contributed by atoms with Crippen LogP contribution in [0.15, 0.2) is 36.1 Å². The van der Waals surface area contributed by atoms with Gasteiger partial charge in [0.15, 0.2) is 0 Å². The molecule has 0 spiro atoms. The molecular formula is C14H23NO2. The van der Waals surface area contributed by atoms with Crippen LogP contribution in [0.3, 0.4) is 0 Å². The van der Waals surface area contributed by atoms with Gasteiger partial charge in [-0.05, 0) is 26.0 Å². The molecule has 0 unspecified atom stereocenters. The van der Waals surface area contributed by atoms with Crippen LogP contribution in [-0.4, -0.2) is 44.4 Å². The van der Waals surface area contributed by atoms with Crippen molar-refractivity contribution >= 4 is 0 Å². The van der Waals surface area contributed by atoms with E-state index in [1.165, 1.54) is 0 Å². The van der Waals surface area contributed by atoms with Crippen molar-refractivity contribution in [3.8, 4) is 0 Å². The second-order valence-electron chi connectivity index (χ2n) is 4.17. The van der Waals surface area contributed by atoms with Gasteiger partial charge in [-0.3, -0.25) is 4.90 Å². The van der Waals surface area contributed by atoms with E-state index in [-0.39, 0.29) is 0 Å². The summed E-state index contributed by atoms with van der Waals surface area (Å²) in [6, 6.07) is 0. The third-order valence-corrected chi connectivity index (χ3v) is 2.60. The quantitative estimate of drug-likeness (QED) is 0.523. The van der Waals surface area contributed by atoms with E-state index in [4.69, 9.17) is 9.47 Å². The lowest BCUT2D eigenvalue weighted by molar-refractivity contribution is 0.0281. The fraction of sp³-hybridized carbons (Fsp3) is 0.571. The van der Waals surface area contributed by atoms with Crippen molar-refractivity contribution in [3.63, 3.8) is 0 Å². The Hall–Kier alpha value is -1.06. The van der Waals surface area contributed by atoms with Gasteiger partial charge < -0.3 is 9.47 Å². The number of rotatable bonds is 6. The Bertz CT molecular complexity index is 289. The van der Waals surface area contributed by atoms with Crippen LogP contribution in [0.25, 0.3) is 0 Å². The molecule has 0 aliphatic carbocycles. The monoisotopic (exact) mass is 237 g/mol. The highest BCUT2D eigenvalue weighted by Crippen LogP contribution is 2.03. The summed E-state index contributed by atoms with van der Waals surface area (Å²) >= 11 is 0. The van der Waals surface area contributed by atoms with Gasteiger partial charge in [0.25, 0.3) is 0 Å². The molecule has 0 aromatic rings. The van der Waals surface area contributed by atoms with Gasteiger partial charge in [0.2, 0.25) is 0 Å². The van der Waals surface area contributed by atoms with Crippen LogP contribution in [0.2, 0.25) is 0 Å². The van der Waals surface area contributed by atoms with Gasteiger partial charge in [-0.1, -0.05) is 18.2 Å². The average molecular weight is 237 g/mol. The van der Waals surface area contributed by atoms with E-state index >= 15 is 0 Å². The maximum absolute atomic E-state index is 5.70. The van der Waals surface area contributed by atoms with E-state index in [1.54, 1.807) is 0 Å². The van der Waals surface area contributed by atoms with E-state index in [9.17, 15) is 0 Å². The minimum atomic E-state index is 0.722. The number of allylic oxidation sites excluding steroid dienone is 4. The van der Waals surface area contributed by atoms with Crippen molar-refractivity contribution in [2.45, 2.75) is 13.8 Å². The smallest absolute Gasteiger partial charge is 0.115 e. The minimum Gasteiger partial charge on any atom is -0.493 e. The SMILES string of the molecule is C=C(C)/C=C\C(=C/C)OCCN1CCOCC1. The molecule has 1 rings (SSSR count). The van der Waals surface area contributed by atoms with Gasteiger partial charge in [0.05, 0.1) is 13.2 Å². The first kappa shape index (κ1) is 14.0. The van der Waals surface area contributed by atoms with Gasteiger partial charge in [-0.15, -0.1) is 0 Å². The Morgan fingerprint density at radius 1 is 1.35 bits per heavy atom. The lowest BCUT2D eigenvalue weighted by Crippen LogP contribution is -2.38. The Kier molecular flexibility index (Phi) is 6.67. The van der Waals surface area contributed by atoms with Crippen LogP contribution in [-0.2, 0) is 9.47 Å². The van der Waals surface area contributed by atoms with E-state index in [2.05, 4.69) is 11.5 Å². The second-order valence-corrected chi connectivity index (χ2v) is 4.17. The lowest BCUT2D eigenvalue weighted by Gasteiger charge is -2.26. The summed E-state index contributed by atoms with van der Waals surface area (Å²) in [7, 11) is 0. The molecule has 0 amide bonds. The summed E-state index contributed by atoms with van der Waals surface area (Å²) in [5.41, 5.74) is 1.03. The summed E-state index contributed by atoms with van der Waals surface area (Å²) in [4.78, 5) is 2.36. The van der Waals surface area contributed by atoms with Crippen molar-refractivity contribution in [1.29, 1.82) is 0 Å². The highest BCUT2D eigenvalue weighted by atomic mass is 16.5. The predicted octanol–water partition coefficient (Wildman–Crippen LogP) is 2.37. The van der Waals surface area contributed by atoms with Crippen molar-refractivity contribution in [3.05, 3.63) is 36.1 Å². The predicted molar refractivity (Wildman–Crippen MR) is 70.9 cm³/mol. The van der Waals surface area contributed by atoms with Crippen molar-refractivity contribution < 1.29 is 9.47 Å². The zero-order chi connectivity index (χ0) is 12.5. The molecule has 17 heavy (non-hydrogen) atoms. The maximum atomic E-state index is 5.70. The molecule has 3 heteroatoms. The number of morpholine rings is 1. The zero-order valence-corrected chi connectivity index (χ0v) is 10.9. The molecule has 1 heterocycles. The number of ether oxygens (including phenoxy) is 2. The molecule has 1 fully saturated rings. The molecule has 0 radical (unpaired) electrons. The first-order valence-electron chi connectivity index (χ1n) is 6.15. The van der Waals surface area contributed by atoms with E-state index in [0.717, 1.165) is 50.8 Å². The lowest BCUT2D eigenvalue weighted by atomic mass is 10.3. The Labute approximate surface area is 104 Å². The van der Waals surface area contributed by atoms with Crippen LogP contribution >= 0.6 is 0 Å². The summed E-state index contributed by atoms with van der Waals surface area (Å²) < 4.78 is 11.0. The van der Waals surface area contributed by atoms with Crippen molar-refractivity contribution in [2.24, 2.45) is 0 Å². The van der Waals surface area contributed by atoms with Crippen molar-refractivity contribution in [2.75, 3.05) is 39.5 Å². The van der Waals surface area contributed by atoms with E-state index in [0.29, 0.717) is 0 Å². The number of hydrogen-bond donors (Lipinski definition) is 0. The molecule has 1 aliphatic heterocycles. The molecule has 0 saturated carbocycles. The molecule has 1 saturated heterocycles. The molecule has 96 valence electrons. The second kappa shape index (κ2) is 8.09. The third-order valence-electron chi connectivity index (χ3n) is 2.60. The zero-order valence-electron chi connectivity index (χ0n) is 10.9. The molecule has 0 bridgehead atoms. The maximum Gasteiger partial charge on any atom is 0.115 e. The summed E-state index contributed by atoms with van der Waals surface area (Å²) in [6.07, 6.45) is 5.89. The Morgan fingerprint density at radius 2 is 2.06 bits per heavy atom. The van der Waals surface area contributed by atoms with Crippen LogP contribution in [0.4, 0.5) is 0 Å². The minimum absolute atomic E-state index is 0.722. The summed E-state index contributed by atoms with van der Waals surface area (Å²) in [5.74, 6) is 0.904. The first-order chi connectivity index (χ1) is 8.22. The van der Waals surface area contributed by atoms with Gasteiger partial charge >= 0.3 is 0 Å². The highest BCUT2D eigenvalue weighted by Gasteiger charge is 2.09. The van der Waals surface area contributed by atoms with E-state index in [1.807, 2.05) is 32.1 Å². The van der Waals surface area contributed by atoms with Crippen LogP contribution in [0, 0.1) is 0 Å². The van der Waals surface area contributed by atoms with Gasteiger partial charge in [-0.25, -0.2) is 0 Å². The number of nitrogens with zero attached hydrogens (tertiary/aromatic N) is 1. The van der Waals surface area contributed by atoms with Crippen LogP contribution in [0.1, 0.15) is 13.8 Å². The standard InChI is InChI=1S/C14H23NO2/c1-4-14(6-5-13(2)3)17-12-9-15-7-10-16-11-8-15/h4-6H,2,7-12H2,1,3H3/b6-5-,14-4+. The largest absolute Gasteiger partial charge is 0.493 e. The van der Waals surface area contributed by atoms with Gasteiger partial charge in [-0.2, -0.15) is 0 Å². The molecule has 0 atom stereocenters. The Morgan fingerprint density at radius 3 is 2.65 bits per heavy atom. The molecule has 0 aromatic carbocycles. The molecule has 1 aliphatic rings. The van der Waals surface area contributed by atoms with E-state index < -0.39 is 0 Å². The fourth-order valence-electron chi connectivity index (χ4n) is 1.57.